The Kier molecular flexibility index (Phi) is 6.13. The van der Waals surface area contributed by atoms with E-state index in [4.69, 9.17) is 0 Å². The van der Waals surface area contributed by atoms with Crippen molar-refractivity contribution in [1.29, 1.82) is 0 Å². The third-order valence-corrected chi connectivity index (χ3v) is 4.88. The third kappa shape index (κ3) is 4.67. The van der Waals surface area contributed by atoms with Crippen LogP contribution in [0, 0.1) is 17.5 Å². The number of amides is 1. The van der Waals surface area contributed by atoms with Gasteiger partial charge in [0, 0.05) is 32.7 Å². The molecule has 0 aromatic heterocycles. The van der Waals surface area contributed by atoms with Crippen molar-refractivity contribution in [2.75, 3.05) is 31.5 Å². The molecule has 1 heterocycles. The molecule has 27 heavy (non-hydrogen) atoms. The van der Waals surface area contributed by atoms with E-state index in [1.54, 1.807) is 6.92 Å². The number of anilines is 1. The summed E-state index contributed by atoms with van der Waals surface area (Å²) in [5, 5.41) is 2.35. The van der Waals surface area contributed by atoms with Crippen molar-refractivity contribution in [3.8, 4) is 0 Å². The summed E-state index contributed by atoms with van der Waals surface area (Å²) in [6.07, 6.45) is 0. The van der Waals surface area contributed by atoms with E-state index >= 15 is 0 Å². The van der Waals surface area contributed by atoms with Gasteiger partial charge in [-0.2, -0.15) is 0 Å². The molecule has 1 saturated heterocycles. The molecule has 1 amide bonds. The van der Waals surface area contributed by atoms with Crippen LogP contribution in [0.25, 0.3) is 0 Å². The van der Waals surface area contributed by atoms with Crippen molar-refractivity contribution in [3.63, 3.8) is 0 Å². The predicted molar refractivity (Wildman–Crippen MR) is 97.7 cm³/mol. The van der Waals surface area contributed by atoms with E-state index in [0.717, 1.165) is 31.8 Å². The fourth-order valence-electron chi connectivity index (χ4n) is 3.18. The molecule has 0 unspecified atom stereocenters. The highest BCUT2D eigenvalue weighted by Gasteiger charge is 2.26. The summed E-state index contributed by atoms with van der Waals surface area (Å²) in [5.74, 6) is -4.71. The lowest BCUT2D eigenvalue weighted by Crippen LogP contribution is -2.52. The molecule has 2 aromatic carbocycles. The molecule has 0 radical (unpaired) electrons. The monoisotopic (exact) mass is 377 g/mol. The van der Waals surface area contributed by atoms with Crippen LogP contribution in [0.15, 0.2) is 42.5 Å². The molecule has 0 saturated carbocycles. The minimum Gasteiger partial charge on any atom is -0.322 e. The van der Waals surface area contributed by atoms with Gasteiger partial charge >= 0.3 is 0 Å². The van der Waals surface area contributed by atoms with Gasteiger partial charge in [-0.05, 0) is 24.6 Å². The topological polar surface area (TPSA) is 35.6 Å². The van der Waals surface area contributed by atoms with Crippen LogP contribution in [0.4, 0.5) is 18.9 Å². The first-order chi connectivity index (χ1) is 13.0. The van der Waals surface area contributed by atoms with Crippen LogP contribution in [0.3, 0.4) is 0 Å². The number of nitrogens with one attached hydrogen (secondary N) is 1. The maximum absolute atomic E-state index is 13.7. The van der Waals surface area contributed by atoms with Gasteiger partial charge in [0.2, 0.25) is 5.91 Å². The first kappa shape index (κ1) is 19.4. The van der Waals surface area contributed by atoms with Crippen LogP contribution >= 0.6 is 0 Å². The van der Waals surface area contributed by atoms with Crippen LogP contribution in [0.2, 0.25) is 0 Å². The van der Waals surface area contributed by atoms with Gasteiger partial charge in [-0.3, -0.25) is 14.6 Å². The number of piperazine rings is 1. The van der Waals surface area contributed by atoms with Crippen LogP contribution in [-0.4, -0.2) is 47.9 Å². The number of halogens is 3. The molecule has 0 spiro atoms. The highest BCUT2D eigenvalue weighted by Crippen LogP contribution is 2.20. The Balaban J connectivity index is 1.53. The van der Waals surface area contributed by atoms with Crippen molar-refractivity contribution < 1.29 is 18.0 Å². The Morgan fingerprint density at radius 1 is 1.00 bits per heavy atom. The van der Waals surface area contributed by atoms with Crippen LogP contribution < -0.4 is 5.32 Å². The molecule has 1 N–H and O–H groups in total. The van der Waals surface area contributed by atoms with E-state index < -0.39 is 29.4 Å². The van der Waals surface area contributed by atoms with Gasteiger partial charge < -0.3 is 5.32 Å². The lowest BCUT2D eigenvalue weighted by atomic mass is 10.1. The average Bonchev–Trinajstić information content (AvgIpc) is 2.69. The Labute approximate surface area is 156 Å². The smallest absolute Gasteiger partial charge is 0.241 e. The molecule has 3 rings (SSSR count). The van der Waals surface area contributed by atoms with Gasteiger partial charge in [0.25, 0.3) is 0 Å². The highest BCUT2D eigenvalue weighted by atomic mass is 19.2. The summed E-state index contributed by atoms with van der Waals surface area (Å²) in [4.78, 5) is 16.7. The minimum absolute atomic E-state index is 0.353. The van der Waals surface area contributed by atoms with Crippen molar-refractivity contribution >= 4 is 11.6 Å². The Morgan fingerprint density at radius 3 is 2.33 bits per heavy atom. The molecule has 4 nitrogen and oxygen atoms in total. The molecule has 144 valence electrons. The summed E-state index contributed by atoms with van der Waals surface area (Å²) < 4.78 is 40.0. The minimum atomic E-state index is -1.59. The van der Waals surface area contributed by atoms with Crippen LogP contribution in [0.1, 0.15) is 12.5 Å². The fraction of sp³-hybridized carbons (Fsp3) is 0.350. The second-order valence-corrected chi connectivity index (χ2v) is 6.69. The lowest BCUT2D eigenvalue weighted by molar-refractivity contribution is -0.121. The Hall–Kier alpha value is -2.38. The van der Waals surface area contributed by atoms with Crippen molar-refractivity contribution in [3.05, 3.63) is 65.5 Å². The highest BCUT2D eigenvalue weighted by molar-refractivity contribution is 5.94. The van der Waals surface area contributed by atoms with Gasteiger partial charge in [0.05, 0.1) is 11.7 Å². The van der Waals surface area contributed by atoms with Gasteiger partial charge in [-0.15, -0.1) is 0 Å². The molecule has 1 aliphatic rings. The zero-order valence-electron chi connectivity index (χ0n) is 15.1. The van der Waals surface area contributed by atoms with Crippen molar-refractivity contribution in [1.82, 2.24) is 9.80 Å². The lowest BCUT2D eigenvalue weighted by Gasteiger charge is -2.37. The second kappa shape index (κ2) is 8.54. The molecular weight excluding hydrogens is 355 g/mol. The number of carbonyl (C=O) groups excluding carboxylic acids is 1. The molecule has 1 fully saturated rings. The molecule has 2 aromatic rings. The van der Waals surface area contributed by atoms with E-state index in [9.17, 15) is 18.0 Å². The standard InChI is InChI=1S/C20H22F3N3O/c1-14(20(27)24-17-8-7-16(21)18(22)19(17)23)26-11-9-25(10-12-26)13-15-5-3-2-4-6-15/h2-8,14H,9-13H2,1H3,(H,24,27)/t14-/m0/s1. The second-order valence-electron chi connectivity index (χ2n) is 6.69. The van der Waals surface area contributed by atoms with E-state index in [1.807, 2.05) is 23.1 Å². The molecule has 0 aliphatic carbocycles. The first-order valence-corrected chi connectivity index (χ1v) is 8.90. The normalized spacial score (nSPS) is 16.9. The number of carbonyl (C=O) groups is 1. The Morgan fingerprint density at radius 2 is 1.67 bits per heavy atom. The molecular formula is C20H22F3N3O. The first-order valence-electron chi connectivity index (χ1n) is 8.90. The number of benzene rings is 2. The molecule has 0 bridgehead atoms. The SMILES string of the molecule is C[C@@H](C(=O)Nc1ccc(F)c(F)c1F)N1CCN(Cc2ccccc2)CC1. The number of hydrogen-bond donors (Lipinski definition) is 1. The fourth-order valence-corrected chi connectivity index (χ4v) is 3.18. The largest absolute Gasteiger partial charge is 0.322 e. The predicted octanol–water partition coefficient (Wildman–Crippen LogP) is 3.25. The van der Waals surface area contributed by atoms with Gasteiger partial charge in [-0.1, -0.05) is 30.3 Å². The summed E-state index contributed by atoms with van der Waals surface area (Å²) in [6, 6.07) is 11.5. The molecule has 1 atom stereocenters. The van der Waals surface area contributed by atoms with E-state index in [1.165, 1.54) is 5.56 Å². The summed E-state index contributed by atoms with van der Waals surface area (Å²) >= 11 is 0. The van der Waals surface area contributed by atoms with Gasteiger partial charge in [0.15, 0.2) is 17.5 Å². The zero-order chi connectivity index (χ0) is 19.4. The third-order valence-electron chi connectivity index (χ3n) is 4.88. The maximum atomic E-state index is 13.7. The van der Waals surface area contributed by atoms with Crippen LogP contribution in [-0.2, 0) is 11.3 Å². The van der Waals surface area contributed by atoms with E-state index in [0.29, 0.717) is 13.1 Å². The van der Waals surface area contributed by atoms with Crippen LogP contribution in [0.5, 0.6) is 0 Å². The number of nitrogens with zero attached hydrogens (tertiary/aromatic N) is 2. The number of hydrogen-bond acceptors (Lipinski definition) is 3. The Bertz CT molecular complexity index is 793. The summed E-state index contributed by atoms with van der Waals surface area (Å²) in [7, 11) is 0. The zero-order valence-corrected chi connectivity index (χ0v) is 15.1. The van der Waals surface area contributed by atoms with E-state index in [-0.39, 0.29) is 5.69 Å². The van der Waals surface area contributed by atoms with Gasteiger partial charge in [0.1, 0.15) is 0 Å². The van der Waals surface area contributed by atoms with Crippen molar-refractivity contribution in [2.45, 2.75) is 19.5 Å². The molecule has 1 aliphatic heterocycles. The van der Waals surface area contributed by atoms with E-state index in [2.05, 4.69) is 22.3 Å². The maximum Gasteiger partial charge on any atom is 0.241 e. The summed E-state index contributed by atoms with van der Waals surface area (Å²) in [6.45, 7) is 5.59. The van der Waals surface area contributed by atoms with Gasteiger partial charge in [-0.25, -0.2) is 13.2 Å². The van der Waals surface area contributed by atoms with Crippen molar-refractivity contribution in [2.24, 2.45) is 0 Å². The quantitative estimate of drug-likeness (QED) is 0.813. The molecule has 7 heteroatoms. The summed E-state index contributed by atoms with van der Waals surface area (Å²) in [5.41, 5.74) is 0.888. The number of rotatable bonds is 5. The average molecular weight is 377 g/mol.